The third kappa shape index (κ3) is 3.31. The van der Waals surface area contributed by atoms with Crippen LogP contribution in [0.25, 0.3) is 0 Å². The molecule has 1 aromatic carbocycles. The van der Waals surface area contributed by atoms with E-state index in [2.05, 4.69) is 26.8 Å². The zero-order chi connectivity index (χ0) is 14.7. The van der Waals surface area contributed by atoms with Crippen LogP contribution in [-0.4, -0.2) is 48.1 Å². The van der Waals surface area contributed by atoms with Crippen LogP contribution in [0, 0.1) is 6.92 Å². The highest BCUT2D eigenvalue weighted by Crippen LogP contribution is 2.24. The Kier molecular flexibility index (Phi) is 4.01. The van der Waals surface area contributed by atoms with E-state index in [4.69, 9.17) is 4.74 Å². The van der Waals surface area contributed by atoms with Crippen molar-refractivity contribution in [1.82, 2.24) is 14.9 Å². The number of hydrogen-bond donors (Lipinski definition) is 0. The molecule has 2 aromatic rings. The predicted molar refractivity (Wildman–Crippen MR) is 83.0 cm³/mol. The molecular weight excluding hydrogens is 264 g/mol. The number of piperazine rings is 1. The van der Waals surface area contributed by atoms with Crippen LogP contribution < -0.4 is 9.64 Å². The Hall–Kier alpha value is -2.14. The number of para-hydroxylation sites is 1. The summed E-state index contributed by atoms with van der Waals surface area (Å²) in [5.41, 5.74) is 1.09. The number of likely N-dealkylation sites (N-methyl/N-ethyl adjacent to an activating group) is 1. The lowest BCUT2D eigenvalue weighted by atomic mass is 10.2. The van der Waals surface area contributed by atoms with E-state index in [1.807, 2.05) is 31.2 Å². The fraction of sp³-hybridized carbons (Fsp3) is 0.375. The van der Waals surface area contributed by atoms with Gasteiger partial charge in [-0.1, -0.05) is 18.2 Å². The molecule has 0 atom stereocenters. The molecule has 1 aromatic heterocycles. The van der Waals surface area contributed by atoms with Gasteiger partial charge in [0.15, 0.2) is 0 Å². The van der Waals surface area contributed by atoms with E-state index in [9.17, 15) is 0 Å². The van der Waals surface area contributed by atoms with Crippen LogP contribution in [0.5, 0.6) is 11.6 Å². The Morgan fingerprint density at radius 2 is 1.81 bits per heavy atom. The number of aromatic nitrogens is 2. The summed E-state index contributed by atoms with van der Waals surface area (Å²) in [6.45, 7) is 5.99. The summed E-state index contributed by atoms with van der Waals surface area (Å²) < 4.78 is 5.87. The van der Waals surface area contributed by atoms with Gasteiger partial charge in [0.05, 0.1) is 0 Å². The van der Waals surface area contributed by atoms with Crippen LogP contribution in [0.3, 0.4) is 0 Å². The van der Waals surface area contributed by atoms with Crippen molar-refractivity contribution in [1.29, 1.82) is 0 Å². The summed E-state index contributed by atoms with van der Waals surface area (Å²) in [6, 6.07) is 9.74. The molecule has 2 heterocycles. The number of nitrogens with zero attached hydrogens (tertiary/aromatic N) is 4. The molecule has 0 aliphatic carbocycles. The van der Waals surface area contributed by atoms with Crippen molar-refractivity contribution >= 4 is 5.95 Å². The molecule has 0 unspecified atom stereocenters. The lowest BCUT2D eigenvalue weighted by Crippen LogP contribution is -2.45. The molecule has 0 bridgehead atoms. The van der Waals surface area contributed by atoms with E-state index in [0.717, 1.165) is 43.4 Å². The SMILES string of the molecule is Cc1ccccc1Oc1ccnc(N2CCN(C)CC2)n1. The summed E-state index contributed by atoms with van der Waals surface area (Å²) in [7, 11) is 2.13. The van der Waals surface area contributed by atoms with Crippen LogP contribution in [0.4, 0.5) is 5.95 Å². The monoisotopic (exact) mass is 284 g/mol. The van der Waals surface area contributed by atoms with E-state index in [1.165, 1.54) is 0 Å². The van der Waals surface area contributed by atoms with Crippen LogP contribution in [-0.2, 0) is 0 Å². The molecule has 5 heteroatoms. The standard InChI is InChI=1S/C16H20N4O/c1-13-5-3-4-6-14(13)21-15-7-8-17-16(18-15)20-11-9-19(2)10-12-20/h3-8H,9-12H2,1-2H3. The molecule has 3 rings (SSSR count). The van der Waals surface area contributed by atoms with Gasteiger partial charge >= 0.3 is 0 Å². The minimum absolute atomic E-state index is 0.591. The summed E-state index contributed by atoms with van der Waals surface area (Å²) >= 11 is 0. The van der Waals surface area contributed by atoms with Gasteiger partial charge in [0.1, 0.15) is 5.75 Å². The van der Waals surface area contributed by atoms with Gasteiger partial charge in [0.25, 0.3) is 0 Å². The summed E-state index contributed by atoms with van der Waals surface area (Å²) in [5, 5.41) is 0. The second-order valence-electron chi connectivity index (χ2n) is 5.35. The van der Waals surface area contributed by atoms with Gasteiger partial charge in [-0.05, 0) is 25.6 Å². The highest BCUT2D eigenvalue weighted by Gasteiger charge is 2.17. The van der Waals surface area contributed by atoms with Gasteiger partial charge < -0.3 is 14.5 Å². The first-order chi connectivity index (χ1) is 10.2. The minimum atomic E-state index is 0.591. The van der Waals surface area contributed by atoms with Crippen molar-refractivity contribution in [3.63, 3.8) is 0 Å². The Bertz CT molecular complexity index is 609. The number of anilines is 1. The molecule has 0 radical (unpaired) electrons. The molecule has 0 N–H and O–H groups in total. The molecule has 0 spiro atoms. The van der Waals surface area contributed by atoms with Crippen molar-refractivity contribution in [2.24, 2.45) is 0 Å². The van der Waals surface area contributed by atoms with E-state index in [-0.39, 0.29) is 0 Å². The van der Waals surface area contributed by atoms with Crippen molar-refractivity contribution in [2.75, 3.05) is 38.1 Å². The van der Waals surface area contributed by atoms with E-state index >= 15 is 0 Å². The number of benzene rings is 1. The Labute approximate surface area is 125 Å². The second-order valence-corrected chi connectivity index (χ2v) is 5.35. The molecule has 1 aliphatic heterocycles. The van der Waals surface area contributed by atoms with E-state index < -0.39 is 0 Å². The average Bonchev–Trinajstić information content (AvgIpc) is 2.51. The van der Waals surface area contributed by atoms with Gasteiger partial charge in [-0.25, -0.2) is 4.98 Å². The normalized spacial score (nSPS) is 16.0. The topological polar surface area (TPSA) is 41.5 Å². The third-order valence-electron chi connectivity index (χ3n) is 3.71. The Morgan fingerprint density at radius 1 is 1.05 bits per heavy atom. The average molecular weight is 284 g/mol. The van der Waals surface area contributed by atoms with Crippen molar-refractivity contribution in [2.45, 2.75) is 6.92 Å². The van der Waals surface area contributed by atoms with Gasteiger partial charge in [-0.2, -0.15) is 4.98 Å². The van der Waals surface area contributed by atoms with Gasteiger partial charge in [-0.3, -0.25) is 0 Å². The van der Waals surface area contributed by atoms with E-state index in [0.29, 0.717) is 5.88 Å². The van der Waals surface area contributed by atoms with Crippen molar-refractivity contribution in [3.05, 3.63) is 42.1 Å². The fourth-order valence-corrected chi connectivity index (χ4v) is 2.33. The molecule has 1 fully saturated rings. The summed E-state index contributed by atoms with van der Waals surface area (Å²) in [5.74, 6) is 2.17. The number of rotatable bonds is 3. The lowest BCUT2D eigenvalue weighted by molar-refractivity contribution is 0.310. The van der Waals surface area contributed by atoms with Crippen LogP contribution in [0.2, 0.25) is 0 Å². The Morgan fingerprint density at radius 3 is 2.57 bits per heavy atom. The van der Waals surface area contributed by atoms with Crippen molar-refractivity contribution < 1.29 is 4.74 Å². The molecular formula is C16H20N4O. The van der Waals surface area contributed by atoms with Crippen LogP contribution in [0.1, 0.15) is 5.56 Å². The van der Waals surface area contributed by atoms with Gasteiger partial charge in [0, 0.05) is 38.4 Å². The molecule has 110 valence electrons. The van der Waals surface area contributed by atoms with E-state index in [1.54, 1.807) is 12.3 Å². The first-order valence-electron chi connectivity index (χ1n) is 7.22. The summed E-state index contributed by atoms with van der Waals surface area (Å²) in [6.07, 6.45) is 1.76. The first-order valence-corrected chi connectivity index (χ1v) is 7.22. The summed E-state index contributed by atoms with van der Waals surface area (Å²) in [4.78, 5) is 13.4. The zero-order valence-electron chi connectivity index (χ0n) is 12.5. The largest absolute Gasteiger partial charge is 0.439 e. The number of aryl methyl sites for hydroxylation is 1. The second kappa shape index (κ2) is 6.10. The highest BCUT2D eigenvalue weighted by molar-refractivity contribution is 5.37. The molecule has 1 aliphatic rings. The zero-order valence-corrected chi connectivity index (χ0v) is 12.5. The minimum Gasteiger partial charge on any atom is -0.439 e. The number of ether oxygens (including phenoxy) is 1. The highest BCUT2D eigenvalue weighted by atomic mass is 16.5. The molecule has 5 nitrogen and oxygen atoms in total. The molecule has 0 saturated carbocycles. The molecule has 1 saturated heterocycles. The molecule has 21 heavy (non-hydrogen) atoms. The maximum atomic E-state index is 5.87. The lowest BCUT2D eigenvalue weighted by Gasteiger charge is -2.32. The first kappa shape index (κ1) is 13.8. The predicted octanol–water partition coefficient (Wildman–Crippen LogP) is 2.33. The van der Waals surface area contributed by atoms with Crippen LogP contribution in [0.15, 0.2) is 36.5 Å². The van der Waals surface area contributed by atoms with Gasteiger partial charge in [0.2, 0.25) is 11.8 Å². The maximum Gasteiger partial charge on any atom is 0.228 e. The van der Waals surface area contributed by atoms with Crippen LogP contribution >= 0.6 is 0 Å². The van der Waals surface area contributed by atoms with Crippen molar-refractivity contribution in [3.8, 4) is 11.6 Å². The fourth-order valence-electron chi connectivity index (χ4n) is 2.33. The third-order valence-corrected chi connectivity index (χ3v) is 3.71. The molecule has 0 amide bonds. The smallest absolute Gasteiger partial charge is 0.228 e. The van der Waals surface area contributed by atoms with Gasteiger partial charge in [-0.15, -0.1) is 0 Å². The number of hydrogen-bond acceptors (Lipinski definition) is 5. The maximum absolute atomic E-state index is 5.87. The quantitative estimate of drug-likeness (QED) is 0.865. The Balaban J connectivity index is 1.76.